The second kappa shape index (κ2) is 17.5. The predicted octanol–water partition coefficient (Wildman–Crippen LogP) is 5.50. The zero-order chi connectivity index (χ0) is 39.6. The minimum absolute atomic E-state index is 0.0454. The molecule has 0 amide bonds. The van der Waals surface area contributed by atoms with Gasteiger partial charge >= 0.3 is 5.97 Å². The number of aliphatic hydroxyl groups is 4. The molecule has 12 nitrogen and oxygen atoms in total. The third-order valence-corrected chi connectivity index (χ3v) is 14.9. The summed E-state index contributed by atoms with van der Waals surface area (Å²) in [5, 5.41) is 66.9. The van der Waals surface area contributed by atoms with Crippen molar-refractivity contribution in [2.24, 2.45) is 23.2 Å². The van der Waals surface area contributed by atoms with Crippen molar-refractivity contribution in [1.82, 2.24) is 0 Å². The Morgan fingerprint density at radius 1 is 1.02 bits per heavy atom. The summed E-state index contributed by atoms with van der Waals surface area (Å²) in [6.07, 6.45) is -0.983. The monoisotopic (exact) mass is 812 g/mol. The van der Waals surface area contributed by atoms with E-state index in [1.54, 1.807) is 23.8 Å². The third kappa shape index (κ3) is 7.93. The fourth-order valence-electron chi connectivity index (χ4n) is 10.00. The highest BCUT2D eigenvalue weighted by Gasteiger charge is 2.59. The van der Waals surface area contributed by atoms with E-state index in [-0.39, 0.29) is 76.1 Å². The molecular formula is C42H52O12S2. The van der Waals surface area contributed by atoms with Gasteiger partial charge in [-0.1, -0.05) is 70.8 Å². The van der Waals surface area contributed by atoms with E-state index in [0.29, 0.717) is 44.0 Å². The van der Waals surface area contributed by atoms with Gasteiger partial charge in [-0.2, -0.15) is 0 Å². The Labute approximate surface area is 334 Å². The maximum Gasteiger partial charge on any atom is 0.335 e. The van der Waals surface area contributed by atoms with E-state index < -0.39 is 48.5 Å². The fraction of sp³-hybridized carbons (Fsp3) is 0.571. The highest BCUT2D eigenvalue weighted by Crippen LogP contribution is 2.55. The average Bonchev–Trinajstić information content (AvgIpc) is 3.22. The predicted molar refractivity (Wildman–Crippen MR) is 212 cm³/mol. The second-order valence-electron chi connectivity index (χ2n) is 15.9. The van der Waals surface area contributed by atoms with E-state index in [0.717, 1.165) is 30.6 Å². The SMILES string of the molecule is Cc1cc2cc(C(=O)O)cc(O[C@H]3O[C@H](CO)[C@@]4(CC[C@H]5CCC[C@@H]6COC[C@](CCO)(CSSCO4)[C@H]56)[C@H](O)[C@H]3O)c2c(O)c1C(=O)CCc1ccccc1. The van der Waals surface area contributed by atoms with Gasteiger partial charge in [-0.3, -0.25) is 4.79 Å². The summed E-state index contributed by atoms with van der Waals surface area (Å²) in [4.78, 5) is 25.9. The number of aryl methyl sites for hydroxylation is 2. The number of phenols is 1. The molecule has 304 valence electrons. The molecule has 7 rings (SSSR count). The number of carboxylic acid groups (broad SMARTS) is 1. The highest BCUT2D eigenvalue weighted by molar-refractivity contribution is 8.76. The van der Waals surface area contributed by atoms with Crippen molar-refractivity contribution in [2.45, 2.75) is 88.5 Å². The maximum atomic E-state index is 13.6. The quantitative estimate of drug-likeness (QED) is 0.111. The number of ether oxygens (including phenoxy) is 4. The van der Waals surface area contributed by atoms with Crippen molar-refractivity contribution in [2.75, 3.05) is 38.1 Å². The molecule has 0 unspecified atom stereocenters. The molecule has 4 aliphatic rings. The van der Waals surface area contributed by atoms with E-state index in [1.807, 2.05) is 30.3 Å². The summed E-state index contributed by atoms with van der Waals surface area (Å²) in [7, 11) is 3.08. The topological polar surface area (TPSA) is 192 Å². The van der Waals surface area contributed by atoms with E-state index >= 15 is 0 Å². The van der Waals surface area contributed by atoms with Crippen molar-refractivity contribution in [3.8, 4) is 11.5 Å². The van der Waals surface area contributed by atoms with Crippen LogP contribution in [0.2, 0.25) is 0 Å². The summed E-state index contributed by atoms with van der Waals surface area (Å²) >= 11 is 0. The number of aromatic hydroxyl groups is 1. The first-order valence-corrected chi connectivity index (χ1v) is 22.0. The zero-order valence-electron chi connectivity index (χ0n) is 31.5. The zero-order valence-corrected chi connectivity index (χ0v) is 33.1. The van der Waals surface area contributed by atoms with Crippen LogP contribution in [0.25, 0.3) is 10.8 Å². The molecule has 0 bridgehead atoms. The Kier molecular flexibility index (Phi) is 12.9. The van der Waals surface area contributed by atoms with Gasteiger partial charge in [-0.05, 0) is 85.4 Å². The van der Waals surface area contributed by atoms with Crippen LogP contribution in [0.3, 0.4) is 0 Å². The van der Waals surface area contributed by atoms with E-state index in [4.69, 9.17) is 18.9 Å². The largest absolute Gasteiger partial charge is 0.506 e. The van der Waals surface area contributed by atoms with Gasteiger partial charge in [-0.25, -0.2) is 4.79 Å². The molecule has 3 aromatic rings. The Morgan fingerprint density at radius 2 is 1.80 bits per heavy atom. The number of Topliss-reactive ketones (excluding diaryl/α,β-unsaturated/α-hetero) is 1. The first kappa shape index (κ1) is 41.2. The molecule has 1 aliphatic carbocycles. The van der Waals surface area contributed by atoms with Crippen LogP contribution < -0.4 is 4.74 Å². The van der Waals surface area contributed by atoms with Gasteiger partial charge in [0.25, 0.3) is 0 Å². The molecule has 1 spiro atoms. The molecule has 14 heteroatoms. The highest BCUT2D eigenvalue weighted by atomic mass is 33.1. The minimum atomic E-state index is -1.72. The Morgan fingerprint density at radius 3 is 2.55 bits per heavy atom. The number of rotatable bonds is 10. The van der Waals surface area contributed by atoms with Gasteiger partial charge in [0, 0.05) is 30.8 Å². The number of aliphatic hydroxyl groups excluding tert-OH is 4. The molecule has 6 N–H and O–H groups in total. The van der Waals surface area contributed by atoms with Crippen LogP contribution in [0.1, 0.15) is 76.8 Å². The van der Waals surface area contributed by atoms with Gasteiger partial charge in [-0.15, -0.1) is 0 Å². The number of carboxylic acids is 1. The summed E-state index contributed by atoms with van der Waals surface area (Å²) in [5.74, 6) is -0.415. The standard InChI is InChI=1S/C42H52O12S2/c1-24-16-28-17-29(39(49)50)18-31(34(28)36(46)33(24)30(45)11-10-25-6-3-2-4-7-25)53-40-37(47)38(48)42(32(19-44)54-40)13-12-26-8-5-9-27-20-51-21-41(14-15-43,35(26)27)22-55-56-23-52-42/h2-4,6-7,16-18,26-27,32,35,37-38,40,43-44,46-48H,5,8-15,19-23H2,1H3,(H,49,50)/t26-,27-,32-,35-,37-,38-,40+,41-,42+/m1/s1. The number of hydrogen-bond donors (Lipinski definition) is 6. The van der Waals surface area contributed by atoms with Crippen LogP contribution in [0.5, 0.6) is 11.5 Å². The van der Waals surface area contributed by atoms with Crippen molar-refractivity contribution in [3.05, 3.63) is 70.8 Å². The van der Waals surface area contributed by atoms with Crippen LogP contribution >= 0.6 is 21.6 Å². The molecule has 3 heterocycles. The Bertz CT molecular complexity index is 1870. The lowest BCUT2D eigenvalue weighted by Gasteiger charge is -2.54. The lowest BCUT2D eigenvalue weighted by atomic mass is 9.56. The minimum Gasteiger partial charge on any atom is -0.506 e. The van der Waals surface area contributed by atoms with E-state index in [9.17, 15) is 40.2 Å². The molecule has 1 saturated carbocycles. The summed E-state index contributed by atoms with van der Waals surface area (Å²) in [5.41, 5.74) is -0.428. The maximum absolute atomic E-state index is 13.6. The van der Waals surface area contributed by atoms with Crippen LogP contribution in [0, 0.1) is 30.1 Å². The van der Waals surface area contributed by atoms with Crippen molar-refractivity contribution in [1.29, 1.82) is 0 Å². The molecule has 0 radical (unpaired) electrons. The van der Waals surface area contributed by atoms with Gasteiger partial charge < -0.3 is 49.6 Å². The third-order valence-electron chi connectivity index (χ3n) is 12.7. The first-order chi connectivity index (χ1) is 27.0. The lowest BCUT2D eigenvalue weighted by molar-refractivity contribution is -0.323. The van der Waals surface area contributed by atoms with Gasteiger partial charge in [0.15, 0.2) is 5.78 Å². The molecule has 56 heavy (non-hydrogen) atoms. The van der Waals surface area contributed by atoms with Crippen LogP contribution in [-0.4, -0.2) is 111 Å². The summed E-state index contributed by atoms with van der Waals surface area (Å²) in [6.45, 7) is 2.39. The number of fused-ring (bicyclic) bond motifs is 1. The average molecular weight is 813 g/mol. The molecule has 9 atom stereocenters. The molecule has 3 aromatic carbocycles. The van der Waals surface area contributed by atoms with Gasteiger partial charge in [0.05, 0.1) is 29.7 Å². The van der Waals surface area contributed by atoms with E-state index in [2.05, 4.69) is 0 Å². The number of carbonyl (C=O) groups is 2. The number of hydrogen-bond acceptors (Lipinski definition) is 13. The number of phenolic OH excluding ortho intramolecular Hbond substituents is 1. The molecule has 3 saturated heterocycles. The van der Waals surface area contributed by atoms with Crippen molar-refractivity contribution in [3.63, 3.8) is 0 Å². The van der Waals surface area contributed by atoms with Crippen molar-refractivity contribution >= 4 is 44.1 Å². The smallest absolute Gasteiger partial charge is 0.335 e. The van der Waals surface area contributed by atoms with Gasteiger partial charge in [0.1, 0.15) is 41.4 Å². The van der Waals surface area contributed by atoms with E-state index in [1.165, 1.54) is 22.9 Å². The number of benzene rings is 3. The van der Waals surface area contributed by atoms with Crippen molar-refractivity contribution < 1.29 is 59.2 Å². The Balaban J connectivity index is 1.19. The normalized spacial score (nSPS) is 32.3. The summed E-state index contributed by atoms with van der Waals surface area (Å²) < 4.78 is 25.1. The lowest BCUT2D eigenvalue weighted by Crippen LogP contribution is -2.69. The molecule has 0 aromatic heterocycles. The number of ketones is 1. The molecule has 4 fully saturated rings. The second-order valence-corrected chi connectivity index (χ2v) is 18.3. The van der Waals surface area contributed by atoms with Crippen LogP contribution in [-0.2, 0) is 20.6 Å². The molecule has 3 aliphatic heterocycles. The first-order valence-electron chi connectivity index (χ1n) is 19.5. The Hall–Kier alpha value is -2.92. The van der Waals surface area contributed by atoms with Gasteiger partial charge in [0.2, 0.25) is 6.29 Å². The van der Waals surface area contributed by atoms with Crippen LogP contribution in [0.4, 0.5) is 0 Å². The fourth-order valence-corrected chi connectivity index (χ4v) is 12.4. The number of carbonyl (C=O) groups excluding carboxylic acids is 1. The molecular weight excluding hydrogens is 761 g/mol. The summed E-state index contributed by atoms with van der Waals surface area (Å²) in [6, 6.07) is 13.6. The van der Waals surface area contributed by atoms with Crippen LogP contribution in [0.15, 0.2) is 48.5 Å². The number of aromatic carboxylic acids is 1.